The van der Waals surface area contributed by atoms with Crippen molar-refractivity contribution >= 4 is 11.6 Å². The number of halogens is 1. The van der Waals surface area contributed by atoms with E-state index < -0.39 is 0 Å². The molecule has 0 radical (unpaired) electrons. The lowest BCUT2D eigenvalue weighted by molar-refractivity contribution is 0.530. The number of nitrogens with two attached hydrogens (primary N) is 1. The summed E-state index contributed by atoms with van der Waals surface area (Å²) in [6.07, 6.45) is 1.71. The zero-order valence-electron chi connectivity index (χ0n) is 10.3. The van der Waals surface area contributed by atoms with Gasteiger partial charge in [0.25, 0.3) is 0 Å². The van der Waals surface area contributed by atoms with Crippen LogP contribution in [0.3, 0.4) is 0 Å². The van der Waals surface area contributed by atoms with Crippen LogP contribution < -0.4 is 5.73 Å². The fraction of sp³-hybridized carbons (Fsp3) is 0.286. The molecular formula is C14H16ClNO. The summed E-state index contributed by atoms with van der Waals surface area (Å²) in [5.74, 6) is 0.874. The Kier molecular flexibility index (Phi) is 3.27. The molecule has 90 valence electrons. The van der Waals surface area contributed by atoms with Crippen molar-refractivity contribution in [3.8, 4) is 0 Å². The van der Waals surface area contributed by atoms with E-state index in [4.69, 9.17) is 21.8 Å². The summed E-state index contributed by atoms with van der Waals surface area (Å²) < 4.78 is 5.29. The molecule has 2 aromatic rings. The van der Waals surface area contributed by atoms with Gasteiger partial charge in [-0.05, 0) is 49.6 Å². The lowest BCUT2D eigenvalue weighted by Crippen LogP contribution is -2.12. The van der Waals surface area contributed by atoms with Gasteiger partial charge in [-0.15, -0.1) is 0 Å². The summed E-state index contributed by atoms with van der Waals surface area (Å²) in [4.78, 5) is 0. The first-order chi connectivity index (χ1) is 7.99. The van der Waals surface area contributed by atoms with E-state index in [1.807, 2.05) is 39.0 Å². The Labute approximate surface area is 106 Å². The third-order valence-electron chi connectivity index (χ3n) is 2.99. The molecule has 0 aliphatic rings. The van der Waals surface area contributed by atoms with Gasteiger partial charge < -0.3 is 10.2 Å². The van der Waals surface area contributed by atoms with Crippen LogP contribution >= 0.6 is 11.6 Å². The first-order valence-electron chi connectivity index (χ1n) is 5.56. The predicted octanol–water partition coefficient (Wildman–Crippen LogP) is 3.91. The van der Waals surface area contributed by atoms with E-state index in [9.17, 15) is 0 Å². The molecule has 0 saturated heterocycles. The second-order valence-corrected chi connectivity index (χ2v) is 4.83. The van der Waals surface area contributed by atoms with Gasteiger partial charge in [0.15, 0.2) is 0 Å². The summed E-state index contributed by atoms with van der Waals surface area (Å²) in [7, 11) is 0. The minimum absolute atomic E-state index is 0.164. The average Bonchev–Trinajstić information content (AvgIpc) is 2.69. The van der Waals surface area contributed by atoms with Gasteiger partial charge in [-0.1, -0.05) is 17.7 Å². The number of furan rings is 1. The predicted molar refractivity (Wildman–Crippen MR) is 70.4 cm³/mol. The fourth-order valence-electron chi connectivity index (χ4n) is 1.94. The molecule has 0 spiro atoms. The van der Waals surface area contributed by atoms with E-state index in [-0.39, 0.29) is 6.04 Å². The molecule has 0 aliphatic heterocycles. The third-order valence-corrected chi connectivity index (χ3v) is 3.40. The van der Waals surface area contributed by atoms with Crippen molar-refractivity contribution in [3.05, 3.63) is 57.5 Å². The molecule has 1 aromatic carbocycles. The van der Waals surface area contributed by atoms with Gasteiger partial charge in [0.2, 0.25) is 0 Å². The fourth-order valence-corrected chi connectivity index (χ4v) is 2.16. The van der Waals surface area contributed by atoms with E-state index in [0.29, 0.717) is 0 Å². The molecule has 0 saturated carbocycles. The van der Waals surface area contributed by atoms with Crippen LogP contribution in [0.5, 0.6) is 0 Å². The second-order valence-electron chi connectivity index (χ2n) is 4.43. The lowest BCUT2D eigenvalue weighted by atomic mass is 9.95. The molecule has 0 fully saturated rings. The smallest absolute Gasteiger partial charge is 0.101 e. The van der Waals surface area contributed by atoms with Gasteiger partial charge in [0.05, 0.1) is 12.3 Å². The van der Waals surface area contributed by atoms with Crippen LogP contribution in [0, 0.1) is 20.8 Å². The first-order valence-corrected chi connectivity index (χ1v) is 5.94. The zero-order valence-corrected chi connectivity index (χ0v) is 11.0. The molecule has 2 nitrogen and oxygen atoms in total. The maximum atomic E-state index is 6.25. The van der Waals surface area contributed by atoms with Crippen molar-refractivity contribution in [2.45, 2.75) is 26.8 Å². The quantitative estimate of drug-likeness (QED) is 0.877. The Morgan fingerprint density at radius 1 is 1.12 bits per heavy atom. The number of benzene rings is 1. The highest BCUT2D eigenvalue weighted by atomic mass is 35.5. The molecule has 2 N–H and O–H groups in total. The van der Waals surface area contributed by atoms with Crippen LogP contribution in [-0.4, -0.2) is 0 Å². The van der Waals surface area contributed by atoms with Crippen LogP contribution in [-0.2, 0) is 0 Å². The summed E-state index contributed by atoms with van der Waals surface area (Å²) in [6, 6.07) is 5.81. The van der Waals surface area contributed by atoms with E-state index >= 15 is 0 Å². The molecule has 1 atom stereocenters. The maximum absolute atomic E-state index is 6.25. The van der Waals surface area contributed by atoms with Gasteiger partial charge >= 0.3 is 0 Å². The number of hydrogen-bond acceptors (Lipinski definition) is 2. The van der Waals surface area contributed by atoms with Crippen molar-refractivity contribution in [2.75, 3.05) is 0 Å². The van der Waals surface area contributed by atoms with E-state index in [1.54, 1.807) is 6.26 Å². The number of hydrogen-bond donors (Lipinski definition) is 1. The van der Waals surface area contributed by atoms with Gasteiger partial charge in [0, 0.05) is 10.6 Å². The van der Waals surface area contributed by atoms with Crippen molar-refractivity contribution in [1.82, 2.24) is 0 Å². The van der Waals surface area contributed by atoms with Gasteiger partial charge in [0.1, 0.15) is 5.76 Å². The number of aryl methyl sites for hydroxylation is 3. The standard InChI is InChI=1S/C14H16ClNO/c1-8-5-13(15)9(2)4-12(8)14(16)11-6-10(3)17-7-11/h4-7,14H,16H2,1-3H3. The zero-order chi connectivity index (χ0) is 12.6. The van der Waals surface area contributed by atoms with Crippen molar-refractivity contribution < 1.29 is 4.42 Å². The maximum Gasteiger partial charge on any atom is 0.101 e. The SMILES string of the molecule is Cc1cc(C(N)c2cc(C)c(Cl)cc2C)co1. The van der Waals surface area contributed by atoms with Crippen LogP contribution in [0.25, 0.3) is 0 Å². The summed E-state index contributed by atoms with van der Waals surface area (Å²) in [5, 5.41) is 0.779. The molecule has 0 amide bonds. The molecule has 2 rings (SSSR count). The topological polar surface area (TPSA) is 39.2 Å². The Balaban J connectivity index is 2.43. The second kappa shape index (κ2) is 4.55. The molecule has 1 unspecified atom stereocenters. The Hall–Kier alpha value is -1.25. The molecule has 0 aliphatic carbocycles. The van der Waals surface area contributed by atoms with Crippen molar-refractivity contribution in [2.24, 2.45) is 5.73 Å². The normalized spacial score (nSPS) is 12.8. The molecule has 0 bridgehead atoms. The van der Waals surface area contributed by atoms with Crippen LogP contribution in [0.15, 0.2) is 28.9 Å². The third kappa shape index (κ3) is 2.38. The molecule has 1 aromatic heterocycles. The van der Waals surface area contributed by atoms with Gasteiger partial charge in [-0.25, -0.2) is 0 Å². The largest absolute Gasteiger partial charge is 0.469 e. The summed E-state index contributed by atoms with van der Waals surface area (Å²) in [6.45, 7) is 5.92. The highest BCUT2D eigenvalue weighted by molar-refractivity contribution is 6.31. The Morgan fingerprint density at radius 3 is 2.41 bits per heavy atom. The minimum Gasteiger partial charge on any atom is -0.469 e. The first kappa shape index (κ1) is 12.2. The van der Waals surface area contributed by atoms with Gasteiger partial charge in [-0.3, -0.25) is 0 Å². The van der Waals surface area contributed by atoms with Gasteiger partial charge in [-0.2, -0.15) is 0 Å². The molecular weight excluding hydrogens is 234 g/mol. The molecule has 3 heteroatoms. The highest BCUT2D eigenvalue weighted by Crippen LogP contribution is 2.28. The van der Waals surface area contributed by atoms with Crippen LogP contribution in [0.4, 0.5) is 0 Å². The van der Waals surface area contributed by atoms with Crippen LogP contribution in [0.2, 0.25) is 5.02 Å². The van der Waals surface area contributed by atoms with E-state index in [1.165, 1.54) is 0 Å². The minimum atomic E-state index is -0.164. The monoisotopic (exact) mass is 249 g/mol. The lowest BCUT2D eigenvalue weighted by Gasteiger charge is -2.14. The van der Waals surface area contributed by atoms with E-state index in [0.717, 1.165) is 33.0 Å². The summed E-state index contributed by atoms with van der Waals surface area (Å²) >= 11 is 6.08. The van der Waals surface area contributed by atoms with Crippen molar-refractivity contribution in [1.29, 1.82) is 0 Å². The van der Waals surface area contributed by atoms with Crippen molar-refractivity contribution in [3.63, 3.8) is 0 Å². The Bertz CT molecular complexity index is 545. The highest BCUT2D eigenvalue weighted by Gasteiger charge is 2.14. The summed E-state index contributed by atoms with van der Waals surface area (Å²) in [5.41, 5.74) is 10.5. The Morgan fingerprint density at radius 2 is 1.82 bits per heavy atom. The van der Waals surface area contributed by atoms with Crippen LogP contribution in [0.1, 0.15) is 34.1 Å². The molecule has 1 heterocycles. The average molecular weight is 250 g/mol. The number of rotatable bonds is 2. The van der Waals surface area contributed by atoms with E-state index in [2.05, 4.69) is 0 Å². The molecule has 17 heavy (non-hydrogen) atoms.